The summed E-state index contributed by atoms with van der Waals surface area (Å²) in [5, 5.41) is 0. The highest BCUT2D eigenvalue weighted by Crippen LogP contribution is 2.59. The second-order valence-corrected chi connectivity index (χ2v) is 9.12. The van der Waals surface area contributed by atoms with Crippen LogP contribution in [0.5, 0.6) is 28.7 Å². The molecule has 1 fully saturated rings. The van der Waals surface area contributed by atoms with Gasteiger partial charge in [-0.2, -0.15) is 0 Å². The van der Waals surface area contributed by atoms with E-state index in [9.17, 15) is 4.79 Å². The van der Waals surface area contributed by atoms with Crippen LogP contribution in [-0.2, 0) is 10.3 Å². The summed E-state index contributed by atoms with van der Waals surface area (Å²) in [7, 11) is 7.95. The van der Waals surface area contributed by atoms with E-state index in [1.807, 2.05) is 95.9 Å². The fourth-order valence-corrected chi connectivity index (χ4v) is 5.55. The van der Waals surface area contributed by atoms with E-state index in [4.69, 9.17) is 23.7 Å². The number of hydrogen-bond donors (Lipinski definition) is 0. The molecule has 0 radical (unpaired) electrons. The van der Waals surface area contributed by atoms with E-state index in [2.05, 4.69) is 0 Å². The van der Waals surface area contributed by atoms with Crippen molar-refractivity contribution in [1.29, 1.82) is 0 Å². The molecule has 0 saturated carbocycles. The van der Waals surface area contributed by atoms with Gasteiger partial charge in [-0.05, 0) is 41.0 Å². The Bertz CT molecular complexity index is 1380. The van der Waals surface area contributed by atoms with Crippen molar-refractivity contribution < 1.29 is 28.5 Å². The molecule has 1 saturated heterocycles. The maximum Gasteiger partial charge on any atom is 0.238 e. The van der Waals surface area contributed by atoms with E-state index in [1.165, 1.54) is 0 Å². The number of carbonyl (C=O) groups excluding carboxylic acids is 1. The molecule has 0 spiro atoms. The summed E-state index contributed by atoms with van der Waals surface area (Å²) in [6, 6.07) is 29.2. The molecule has 0 aromatic heterocycles. The van der Waals surface area contributed by atoms with Gasteiger partial charge in [0.05, 0.1) is 47.2 Å². The number of ether oxygens (including phenoxy) is 5. The topological polar surface area (TPSA) is 66.5 Å². The highest BCUT2D eigenvalue weighted by Gasteiger charge is 2.63. The van der Waals surface area contributed by atoms with Crippen LogP contribution >= 0.6 is 0 Å². The molecule has 1 heterocycles. The molecule has 7 heteroatoms. The van der Waals surface area contributed by atoms with E-state index in [-0.39, 0.29) is 5.91 Å². The predicted octanol–water partition coefficient (Wildman–Crippen LogP) is 5.80. The molecule has 7 nitrogen and oxygen atoms in total. The number of benzene rings is 4. The molecule has 1 aliphatic rings. The van der Waals surface area contributed by atoms with Crippen molar-refractivity contribution in [2.24, 2.45) is 0 Å². The molecule has 0 unspecified atom stereocenters. The molecular weight excluding hydrogens is 494 g/mol. The quantitative estimate of drug-likeness (QED) is 0.257. The molecule has 1 amide bonds. The number of rotatable bonds is 9. The van der Waals surface area contributed by atoms with Gasteiger partial charge in [0.1, 0.15) is 17.0 Å². The first kappa shape index (κ1) is 26.0. The van der Waals surface area contributed by atoms with E-state index in [0.717, 1.165) is 28.2 Å². The summed E-state index contributed by atoms with van der Waals surface area (Å²) < 4.78 is 27.8. The summed E-state index contributed by atoms with van der Waals surface area (Å²) in [6.07, 6.45) is 0. The van der Waals surface area contributed by atoms with E-state index in [0.29, 0.717) is 22.9 Å². The molecule has 0 aliphatic carbocycles. The van der Waals surface area contributed by atoms with Crippen molar-refractivity contribution in [3.63, 3.8) is 0 Å². The molecule has 39 heavy (non-hydrogen) atoms. The lowest BCUT2D eigenvalue weighted by molar-refractivity contribution is -0.129. The third-order valence-electron chi connectivity index (χ3n) is 7.34. The predicted molar refractivity (Wildman–Crippen MR) is 150 cm³/mol. The maximum absolute atomic E-state index is 14.3. The Balaban J connectivity index is 1.83. The van der Waals surface area contributed by atoms with Gasteiger partial charge < -0.3 is 23.7 Å². The van der Waals surface area contributed by atoms with Crippen molar-refractivity contribution in [3.05, 3.63) is 108 Å². The lowest BCUT2D eigenvalue weighted by Crippen LogP contribution is -2.68. The Morgan fingerprint density at radius 2 is 1.10 bits per heavy atom. The third-order valence-corrected chi connectivity index (χ3v) is 7.34. The zero-order chi connectivity index (χ0) is 27.6. The van der Waals surface area contributed by atoms with Crippen LogP contribution < -0.4 is 28.6 Å². The number of methoxy groups -OCH3 is 5. The molecular formula is C32H31NO6. The molecule has 1 aliphatic heterocycles. The van der Waals surface area contributed by atoms with Crippen LogP contribution in [0.1, 0.15) is 22.6 Å². The van der Waals surface area contributed by atoms with Gasteiger partial charge in [0.15, 0.2) is 11.5 Å². The fourth-order valence-electron chi connectivity index (χ4n) is 5.55. The summed E-state index contributed by atoms with van der Waals surface area (Å²) in [5.41, 5.74) is 2.49. The highest BCUT2D eigenvalue weighted by molar-refractivity contribution is 6.10. The molecule has 5 rings (SSSR count). The van der Waals surface area contributed by atoms with Gasteiger partial charge in [-0.25, -0.2) is 0 Å². The minimum atomic E-state index is -0.901. The first-order valence-corrected chi connectivity index (χ1v) is 12.5. The van der Waals surface area contributed by atoms with Gasteiger partial charge in [0, 0.05) is 12.1 Å². The molecule has 4 aromatic rings. The van der Waals surface area contributed by atoms with Crippen molar-refractivity contribution in [2.75, 3.05) is 40.4 Å². The Hall–Kier alpha value is -4.65. The van der Waals surface area contributed by atoms with E-state index < -0.39 is 11.5 Å². The zero-order valence-electron chi connectivity index (χ0n) is 22.6. The smallest absolute Gasteiger partial charge is 0.238 e. The number of amides is 1. The third kappa shape index (κ3) is 4.11. The Morgan fingerprint density at radius 1 is 0.615 bits per heavy atom. The SMILES string of the molecule is COc1ccc(C2(c3ccc(OC)cc3)[C@H](c3ccccc3)C(=O)N2c2cc(OC)c(OC)c(OC)c2)cc1. The molecule has 1 atom stereocenters. The zero-order valence-corrected chi connectivity index (χ0v) is 22.6. The van der Waals surface area contributed by atoms with Crippen molar-refractivity contribution in [1.82, 2.24) is 0 Å². The van der Waals surface area contributed by atoms with Gasteiger partial charge in [-0.1, -0.05) is 54.6 Å². The lowest BCUT2D eigenvalue weighted by atomic mass is 9.62. The van der Waals surface area contributed by atoms with Crippen LogP contribution in [-0.4, -0.2) is 41.5 Å². The fraction of sp³-hybridized carbons (Fsp3) is 0.219. The van der Waals surface area contributed by atoms with Gasteiger partial charge in [0.25, 0.3) is 0 Å². The highest BCUT2D eigenvalue weighted by atomic mass is 16.5. The van der Waals surface area contributed by atoms with Gasteiger partial charge in [-0.15, -0.1) is 0 Å². The van der Waals surface area contributed by atoms with Gasteiger partial charge >= 0.3 is 0 Å². The van der Waals surface area contributed by atoms with Crippen molar-refractivity contribution >= 4 is 11.6 Å². The summed E-state index contributed by atoms with van der Waals surface area (Å²) in [4.78, 5) is 16.1. The van der Waals surface area contributed by atoms with Crippen molar-refractivity contribution in [2.45, 2.75) is 11.5 Å². The van der Waals surface area contributed by atoms with Crippen LogP contribution in [0.15, 0.2) is 91.0 Å². The van der Waals surface area contributed by atoms with Crippen LogP contribution in [0.3, 0.4) is 0 Å². The average Bonchev–Trinajstić information content (AvgIpc) is 2.99. The van der Waals surface area contributed by atoms with Crippen LogP contribution in [0.2, 0.25) is 0 Å². The first-order valence-electron chi connectivity index (χ1n) is 12.5. The largest absolute Gasteiger partial charge is 0.497 e. The maximum atomic E-state index is 14.3. The molecule has 4 aromatic carbocycles. The summed E-state index contributed by atoms with van der Waals surface area (Å²) in [6.45, 7) is 0. The Labute approximate surface area is 228 Å². The minimum absolute atomic E-state index is 0.0536. The Kier molecular flexibility index (Phi) is 7.07. The molecule has 0 bridgehead atoms. The van der Waals surface area contributed by atoms with Gasteiger partial charge in [0.2, 0.25) is 11.7 Å². The lowest BCUT2D eigenvalue weighted by Gasteiger charge is -2.58. The molecule has 0 N–H and O–H groups in total. The first-order chi connectivity index (χ1) is 19.0. The van der Waals surface area contributed by atoms with Crippen molar-refractivity contribution in [3.8, 4) is 28.7 Å². The average molecular weight is 526 g/mol. The summed E-state index contributed by atoms with van der Waals surface area (Å²) >= 11 is 0. The number of carbonyl (C=O) groups is 1. The number of nitrogens with zero attached hydrogens (tertiary/aromatic N) is 1. The number of β-lactam (4-membered cyclic amide) rings is 1. The van der Waals surface area contributed by atoms with E-state index in [1.54, 1.807) is 35.5 Å². The number of anilines is 1. The monoisotopic (exact) mass is 525 g/mol. The normalized spacial score (nSPS) is 15.8. The Morgan fingerprint density at radius 3 is 1.51 bits per heavy atom. The molecule has 200 valence electrons. The van der Waals surface area contributed by atoms with Crippen LogP contribution in [0, 0.1) is 0 Å². The second-order valence-electron chi connectivity index (χ2n) is 9.12. The standard InChI is InChI=1S/C32H31NO6/c1-35-25-15-11-22(12-16-25)32(23-13-17-26(36-2)18-14-23)29(21-9-7-6-8-10-21)31(34)33(32)24-19-27(37-3)30(39-5)28(20-24)38-4/h6-20,29H,1-5H3/t29-/m1/s1. The van der Waals surface area contributed by atoms with Gasteiger partial charge in [-0.3, -0.25) is 9.69 Å². The minimum Gasteiger partial charge on any atom is -0.497 e. The summed E-state index contributed by atoms with van der Waals surface area (Å²) in [5.74, 6) is 2.27. The van der Waals surface area contributed by atoms with Crippen LogP contribution in [0.4, 0.5) is 5.69 Å². The number of hydrogen-bond acceptors (Lipinski definition) is 6. The van der Waals surface area contributed by atoms with Crippen LogP contribution in [0.25, 0.3) is 0 Å². The van der Waals surface area contributed by atoms with E-state index >= 15 is 0 Å². The second kappa shape index (κ2) is 10.6.